The van der Waals surface area contributed by atoms with Gasteiger partial charge in [-0.1, -0.05) is 0 Å². The van der Waals surface area contributed by atoms with Gasteiger partial charge in [0.15, 0.2) is 0 Å². The summed E-state index contributed by atoms with van der Waals surface area (Å²) in [4.78, 5) is 11.4. The van der Waals surface area contributed by atoms with Crippen molar-refractivity contribution in [2.45, 2.75) is 12.3 Å². The fourth-order valence-corrected chi connectivity index (χ4v) is 2.45. The van der Waals surface area contributed by atoms with Crippen molar-refractivity contribution in [3.05, 3.63) is 29.5 Å². The quantitative estimate of drug-likeness (QED) is 0.711. The Kier molecular flexibility index (Phi) is 2.33. The minimum absolute atomic E-state index is 0.410. The molecule has 1 atom stereocenters. The van der Waals surface area contributed by atoms with E-state index in [2.05, 4.69) is 21.6 Å². The molecule has 1 fully saturated rings. The molecular weight excluding hydrogens is 216 g/mol. The molecule has 1 aromatic heterocycles. The van der Waals surface area contributed by atoms with Crippen molar-refractivity contribution >= 4 is 16.8 Å². The first-order valence-corrected chi connectivity index (χ1v) is 5.73. The maximum Gasteiger partial charge on any atom is 0.250 e. The van der Waals surface area contributed by atoms with E-state index in [1.54, 1.807) is 6.20 Å². The van der Waals surface area contributed by atoms with E-state index in [1.165, 1.54) is 0 Å². The van der Waals surface area contributed by atoms with Crippen LogP contribution >= 0.6 is 0 Å². The van der Waals surface area contributed by atoms with Gasteiger partial charge in [-0.05, 0) is 36.6 Å². The van der Waals surface area contributed by atoms with Crippen LogP contribution in [0.5, 0.6) is 0 Å². The summed E-state index contributed by atoms with van der Waals surface area (Å²) in [6.07, 6.45) is 2.83. The van der Waals surface area contributed by atoms with Crippen LogP contribution in [-0.4, -0.2) is 29.2 Å². The summed E-state index contributed by atoms with van der Waals surface area (Å²) in [5.74, 6) is 0.0551. The Balaban J connectivity index is 2.16. The number of aromatic nitrogens is 2. The highest BCUT2D eigenvalue weighted by atomic mass is 16.1. The summed E-state index contributed by atoms with van der Waals surface area (Å²) in [5, 5.41) is 11.1. The van der Waals surface area contributed by atoms with Crippen molar-refractivity contribution in [2.75, 3.05) is 13.1 Å². The van der Waals surface area contributed by atoms with Crippen LogP contribution < -0.4 is 11.1 Å². The van der Waals surface area contributed by atoms with Gasteiger partial charge in [0.2, 0.25) is 0 Å². The average molecular weight is 230 g/mol. The SMILES string of the molecule is NC(=O)c1cc(C2CCNC2)cc2cn[nH]c12. The standard InChI is InChI=1S/C12H14N4O/c13-12(17)10-4-8(7-1-2-14-5-7)3-9-6-15-16-11(9)10/h3-4,6-7,14H,1-2,5H2,(H2,13,17)(H,15,16). The number of nitrogens with two attached hydrogens (primary N) is 1. The molecular formula is C12H14N4O. The number of benzene rings is 1. The molecule has 0 radical (unpaired) electrons. The van der Waals surface area contributed by atoms with E-state index in [-0.39, 0.29) is 0 Å². The highest BCUT2D eigenvalue weighted by Gasteiger charge is 2.19. The first-order valence-electron chi connectivity index (χ1n) is 5.73. The Bertz CT molecular complexity index is 569. The molecule has 1 aliphatic rings. The summed E-state index contributed by atoms with van der Waals surface area (Å²) in [6, 6.07) is 3.98. The van der Waals surface area contributed by atoms with Crippen molar-refractivity contribution < 1.29 is 4.79 Å². The minimum Gasteiger partial charge on any atom is -0.366 e. The zero-order valence-electron chi connectivity index (χ0n) is 9.36. The number of H-pyrrole nitrogens is 1. The lowest BCUT2D eigenvalue weighted by Gasteiger charge is -2.10. The number of primary amides is 1. The van der Waals surface area contributed by atoms with Gasteiger partial charge in [0.05, 0.1) is 17.3 Å². The predicted molar refractivity (Wildman–Crippen MR) is 64.8 cm³/mol. The molecule has 17 heavy (non-hydrogen) atoms. The Morgan fingerprint density at radius 2 is 2.35 bits per heavy atom. The molecule has 0 bridgehead atoms. The van der Waals surface area contributed by atoms with Crippen molar-refractivity contribution in [1.82, 2.24) is 15.5 Å². The van der Waals surface area contributed by atoms with Gasteiger partial charge < -0.3 is 11.1 Å². The zero-order valence-corrected chi connectivity index (χ0v) is 9.36. The lowest BCUT2D eigenvalue weighted by atomic mass is 9.95. The molecule has 2 heterocycles. The van der Waals surface area contributed by atoms with Gasteiger partial charge in [0.1, 0.15) is 0 Å². The fraction of sp³-hybridized carbons (Fsp3) is 0.333. The number of amides is 1. The number of rotatable bonds is 2. The molecule has 1 saturated heterocycles. The maximum absolute atomic E-state index is 11.4. The second-order valence-electron chi connectivity index (χ2n) is 4.46. The van der Waals surface area contributed by atoms with E-state index in [0.717, 1.165) is 36.0 Å². The third-order valence-electron chi connectivity index (χ3n) is 3.37. The van der Waals surface area contributed by atoms with E-state index >= 15 is 0 Å². The van der Waals surface area contributed by atoms with Crippen molar-refractivity contribution in [3.63, 3.8) is 0 Å². The summed E-state index contributed by atoms with van der Waals surface area (Å²) >= 11 is 0. The van der Waals surface area contributed by atoms with Gasteiger partial charge in [-0.25, -0.2) is 0 Å². The largest absolute Gasteiger partial charge is 0.366 e. The summed E-state index contributed by atoms with van der Waals surface area (Å²) in [6.45, 7) is 1.99. The van der Waals surface area contributed by atoms with Gasteiger partial charge >= 0.3 is 0 Å². The van der Waals surface area contributed by atoms with Gasteiger partial charge in [-0.2, -0.15) is 5.10 Å². The average Bonchev–Trinajstić information content (AvgIpc) is 2.98. The molecule has 4 N–H and O–H groups in total. The van der Waals surface area contributed by atoms with Crippen LogP contribution in [0.2, 0.25) is 0 Å². The topological polar surface area (TPSA) is 83.8 Å². The second kappa shape index (κ2) is 3.85. The van der Waals surface area contributed by atoms with E-state index < -0.39 is 5.91 Å². The molecule has 3 rings (SSSR count). The van der Waals surface area contributed by atoms with Gasteiger partial charge in [0, 0.05) is 11.9 Å². The number of nitrogens with zero attached hydrogens (tertiary/aromatic N) is 1. The lowest BCUT2D eigenvalue weighted by Crippen LogP contribution is -2.13. The number of fused-ring (bicyclic) bond motifs is 1. The zero-order chi connectivity index (χ0) is 11.8. The van der Waals surface area contributed by atoms with E-state index in [1.807, 2.05) is 6.07 Å². The van der Waals surface area contributed by atoms with Crippen LogP contribution in [0.25, 0.3) is 10.9 Å². The number of aromatic amines is 1. The van der Waals surface area contributed by atoms with Gasteiger partial charge in [-0.3, -0.25) is 9.89 Å². The third kappa shape index (κ3) is 1.68. The molecule has 0 spiro atoms. The van der Waals surface area contributed by atoms with Gasteiger partial charge in [-0.15, -0.1) is 0 Å². The van der Waals surface area contributed by atoms with Crippen LogP contribution in [-0.2, 0) is 0 Å². The minimum atomic E-state index is -0.410. The van der Waals surface area contributed by atoms with Crippen molar-refractivity contribution in [3.8, 4) is 0 Å². The van der Waals surface area contributed by atoms with Crippen LogP contribution in [0.4, 0.5) is 0 Å². The Hall–Kier alpha value is -1.88. The molecule has 1 aliphatic heterocycles. The Labute approximate surface area is 98.4 Å². The number of carbonyl (C=O) groups excluding carboxylic acids is 1. The Morgan fingerprint density at radius 3 is 3.06 bits per heavy atom. The highest BCUT2D eigenvalue weighted by Crippen LogP contribution is 2.27. The lowest BCUT2D eigenvalue weighted by molar-refractivity contribution is 0.100. The molecule has 1 amide bonds. The molecule has 88 valence electrons. The van der Waals surface area contributed by atoms with Crippen LogP contribution in [0.3, 0.4) is 0 Å². The highest BCUT2D eigenvalue weighted by molar-refractivity contribution is 6.05. The molecule has 1 unspecified atom stereocenters. The maximum atomic E-state index is 11.4. The second-order valence-corrected chi connectivity index (χ2v) is 4.46. The van der Waals surface area contributed by atoms with Crippen LogP contribution in [0.15, 0.2) is 18.3 Å². The van der Waals surface area contributed by atoms with E-state index in [9.17, 15) is 4.79 Å². The number of nitrogens with one attached hydrogen (secondary N) is 2. The summed E-state index contributed by atoms with van der Waals surface area (Å²) < 4.78 is 0. The number of hydrogen-bond donors (Lipinski definition) is 3. The normalized spacial score (nSPS) is 19.9. The summed E-state index contributed by atoms with van der Waals surface area (Å²) in [7, 11) is 0. The molecule has 5 heteroatoms. The number of carbonyl (C=O) groups is 1. The summed E-state index contributed by atoms with van der Waals surface area (Å²) in [5.41, 5.74) is 7.83. The van der Waals surface area contributed by atoms with Crippen LogP contribution in [0, 0.1) is 0 Å². The number of hydrogen-bond acceptors (Lipinski definition) is 3. The molecule has 1 aromatic carbocycles. The predicted octanol–water partition coefficient (Wildman–Crippen LogP) is 0.739. The first-order chi connectivity index (χ1) is 8.25. The monoisotopic (exact) mass is 230 g/mol. The fourth-order valence-electron chi connectivity index (χ4n) is 2.45. The molecule has 2 aromatic rings. The van der Waals surface area contributed by atoms with Crippen molar-refractivity contribution in [2.24, 2.45) is 5.73 Å². The third-order valence-corrected chi connectivity index (χ3v) is 3.37. The molecule has 0 aliphatic carbocycles. The van der Waals surface area contributed by atoms with E-state index in [4.69, 9.17) is 5.73 Å². The van der Waals surface area contributed by atoms with Crippen molar-refractivity contribution in [1.29, 1.82) is 0 Å². The first kappa shape index (κ1) is 10.3. The van der Waals surface area contributed by atoms with Crippen LogP contribution in [0.1, 0.15) is 28.3 Å². The van der Waals surface area contributed by atoms with Gasteiger partial charge in [0.25, 0.3) is 5.91 Å². The molecule has 5 nitrogen and oxygen atoms in total. The molecule has 0 saturated carbocycles. The smallest absolute Gasteiger partial charge is 0.250 e. The Morgan fingerprint density at radius 1 is 1.47 bits per heavy atom. The van der Waals surface area contributed by atoms with E-state index in [0.29, 0.717) is 11.5 Å².